The number of ether oxygens (including phenoxy) is 1. The molecule has 0 radical (unpaired) electrons. The van der Waals surface area contributed by atoms with Crippen molar-refractivity contribution in [3.8, 4) is 5.75 Å². The van der Waals surface area contributed by atoms with Crippen LogP contribution in [-0.4, -0.2) is 22.8 Å². The summed E-state index contributed by atoms with van der Waals surface area (Å²) < 4.78 is 6.90. The van der Waals surface area contributed by atoms with Crippen molar-refractivity contribution in [3.05, 3.63) is 45.4 Å². The number of fused-ring (bicyclic) bond motifs is 1. The van der Waals surface area contributed by atoms with E-state index in [-0.39, 0.29) is 5.92 Å². The van der Waals surface area contributed by atoms with Gasteiger partial charge < -0.3 is 14.9 Å². The van der Waals surface area contributed by atoms with E-state index in [1.807, 2.05) is 25.1 Å². The third-order valence-electron chi connectivity index (χ3n) is 5.11. The van der Waals surface area contributed by atoms with Crippen molar-refractivity contribution in [3.63, 3.8) is 0 Å². The third-order valence-corrected chi connectivity index (χ3v) is 5.64. The van der Waals surface area contributed by atoms with Crippen LogP contribution in [0.2, 0.25) is 10.0 Å². The maximum Gasteiger partial charge on any atom is 0.330 e. The second kappa shape index (κ2) is 9.14. The number of carbonyl (C=O) groups is 1. The number of benzene rings is 2. The lowest BCUT2D eigenvalue weighted by molar-refractivity contribution is -0.140. The summed E-state index contributed by atoms with van der Waals surface area (Å²) in [7, 11) is 1.56. The molecule has 1 N–H and O–H groups in total. The molecule has 0 spiro atoms. The fourth-order valence-corrected chi connectivity index (χ4v) is 4.10. The Morgan fingerprint density at radius 1 is 1.23 bits per heavy atom. The minimum absolute atomic E-state index is 0.274. The van der Waals surface area contributed by atoms with E-state index in [4.69, 9.17) is 32.8 Å². The van der Waals surface area contributed by atoms with Gasteiger partial charge >= 0.3 is 5.97 Å². The average Bonchev–Trinajstić information content (AvgIpc) is 3.04. The van der Waals surface area contributed by atoms with Crippen LogP contribution in [0.3, 0.4) is 0 Å². The molecule has 2 aromatic carbocycles. The van der Waals surface area contributed by atoms with Crippen LogP contribution >= 0.6 is 23.2 Å². The molecule has 0 fully saturated rings. The molecule has 0 aliphatic carbocycles. The van der Waals surface area contributed by atoms with Gasteiger partial charge in [0.05, 0.1) is 17.8 Å². The minimum Gasteiger partial charge on any atom is -0.495 e. The minimum atomic E-state index is -0.465. The fraction of sp³-hybridized carbons (Fsp3) is 0.364. The van der Waals surface area contributed by atoms with E-state index in [9.17, 15) is 4.79 Å². The Balaban J connectivity index is 2.27. The van der Waals surface area contributed by atoms with Crippen molar-refractivity contribution in [2.45, 2.75) is 46.5 Å². The number of hydrogen-bond acceptors (Lipinski definition) is 5. The first-order valence-electron chi connectivity index (χ1n) is 9.81. The molecule has 1 heterocycles. The summed E-state index contributed by atoms with van der Waals surface area (Å²) in [5, 5.41) is 4.28. The Kier molecular flexibility index (Phi) is 6.78. The number of nitrogens with zero attached hydrogens (tertiary/aromatic N) is 2. The zero-order chi connectivity index (χ0) is 22.0. The molecule has 6 nitrogen and oxygen atoms in total. The maximum atomic E-state index is 11.9. The quantitative estimate of drug-likeness (QED) is 0.459. The zero-order valence-corrected chi connectivity index (χ0v) is 19.2. The van der Waals surface area contributed by atoms with Gasteiger partial charge in [0.2, 0.25) is 5.95 Å². The monoisotopic (exact) mass is 449 g/mol. The van der Waals surface area contributed by atoms with E-state index in [0.29, 0.717) is 38.5 Å². The first kappa shape index (κ1) is 22.2. The van der Waals surface area contributed by atoms with E-state index in [2.05, 4.69) is 24.1 Å². The average molecular weight is 450 g/mol. The molecule has 0 amide bonds. The van der Waals surface area contributed by atoms with Crippen molar-refractivity contribution >= 4 is 51.8 Å². The van der Waals surface area contributed by atoms with Crippen LogP contribution in [0.5, 0.6) is 5.75 Å². The van der Waals surface area contributed by atoms with Crippen molar-refractivity contribution in [1.82, 2.24) is 9.71 Å². The summed E-state index contributed by atoms with van der Waals surface area (Å²) in [5.74, 6) is 0.681. The maximum absolute atomic E-state index is 11.9. The molecular formula is C22H25Cl2N3O3. The highest BCUT2D eigenvalue weighted by molar-refractivity contribution is 6.35. The lowest BCUT2D eigenvalue weighted by Crippen LogP contribution is -2.19. The highest BCUT2D eigenvalue weighted by Crippen LogP contribution is 2.38. The SMILES string of the molecule is CCC(CC)c1ccc(Cl)c2nc(Nc3c(C)cc(Cl)cc3OC)n(OC(C)=O)c12. The van der Waals surface area contributed by atoms with Crippen LogP contribution in [-0.2, 0) is 4.79 Å². The van der Waals surface area contributed by atoms with Gasteiger partial charge in [-0.15, -0.1) is 4.73 Å². The Labute approximate surface area is 186 Å². The Morgan fingerprint density at radius 2 is 1.93 bits per heavy atom. The van der Waals surface area contributed by atoms with Gasteiger partial charge in [-0.05, 0) is 48.9 Å². The van der Waals surface area contributed by atoms with E-state index in [1.54, 1.807) is 13.2 Å². The summed E-state index contributed by atoms with van der Waals surface area (Å²) in [6.07, 6.45) is 1.87. The van der Waals surface area contributed by atoms with Gasteiger partial charge in [-0.25, -0.2) is 9.78 Å². The normalized spacial score (nSPS) is 11.2. The lowest BCUT2D eigenvalue weighted by Gasteiger charge is -2.17. The predicted molar refractivity (Wildman–Crippen MR) is 121 cm³/mol. The van der Waals surface area contributed by atoms with Gasteiger partial charge in [0.15, 0.2) is 0 Å². The Hall–Kier alpha value is -2.44. The van der Waals surface area contributed by atoms with Gasteiger partial charge in [0.1, 0.15) is 16.8 Å². The van der Waals surface area contributed by atoms with E-state index >= 15 is 0 Å². The topological polar surface area (TPSA) is 65.4 Å². The Bertz CT molecular complexity index is 1090. The number of carbonyl (C=O) groups excluding carboxylic acids is 1. The van der Waals surface area contributed by atoms with E-state index in [1.165, 1.54) is 11.7 Å². The first-order valence-corrected chi connectivity index (χ1v) is 10.6. The number of hydrogen-bond donors (Lipinski definition) is 1. The number of aromatic nitrogens is 2. The molecule has 3 rings (SSSR count). The number of halogens is 2. The van der Waals surface area contributed by atoms with Crippen molar-refractivity contribution in [2.75, 3.05) is 12.4 Å². The molecular weight excluding hydrogens is 425 g/mol. The molecule has 0 unspecified atom stereocenters. The lowest BCUT2D eigenvalue weighted by atomic mass is 9.93. The number of aryl methyl sites for hydroxylation is 1. The van der Waals surface area contributed by atoms with E-state index < -0.39 is 5.97 Å². The third kappa shape index (κ3) is 4.20. The van der Waals surface area contributed by atoms with Gasteiger partial charge in [0, 0.05) is 18.0 Å². The standard InChI is InChI=1S/C22H25Cl2N3O3/c1-6-14(7-2)16-8-9-17(24)20-21(16)27(30-13(4)28)22(26-20)25-19-12(3)10-15(23)11-18(19)29-5/h8-11,14H,6-7H2,1-5H3,(H,25,26). The van der Waals surface area contributed by atoms with E-state index in [0.717, 1.165) is 24.0 Å². The number of nitrogens with one attached hydrogen (secondary N) is 1. The molecule has 0 atom stereocenters. The predicted octanol–water partition coefficient (Wildman–Crippen LogP) is 6.28. The molecule has 0 saturated heterocycles. The molecule has 160 valence electrons. The van der Waals surface area contributed by atoms with Gasteiger partial charge in [0.25, 0.3) is 0 Å². The first-order chi connectivity index (χ1) is 14.3. The van der Waals surface area contributed by atoms with Crippen LogP contribution in [0, 0.1) is 6.92 Å². The molecule has 0 aliphatic rings. The van der Waals surface area contributed by atoms with Crippen LogP contribution < -0.4 is 14.9 Å². The fourth-order valence-electron chi connectivity index (χ4n) is 3.65. The number of rotatable bonds is 7. The number of imidazole rings is 1. The van der Waals surface area contributed by atoms with Gasteiger partial charge in [-0.3, -0.25) is 0 Å². The molecule has 30 heavy (non-hydrogen) atoms. The second-order valence-electron chi connectivity index (χ2n) is 7.08. The van der Waals surface area contributed by atoms with Crippen LogP contribution in [0.4, 0.5) is 11.6 Å². The smallest absolute Gasteiger partial charge is 0.330 e. The highest BCUT2D eigenvalue weighted by atomic mass is 35.5. The molecule has 0 aliphatic heterocycles. The summed E-state index contributed by atoms with van der Waals surface area (Å²) in [6, 6.07) is 7.33. The largest absolute Gasteiger partial charge is 0.495 e. The van der Waals surface area contributed by atoms with Crippen LogP contribution in [0.25, 0.3) is 11.0 Å². The zero-order valence-electron chi connectivity index (χ0n) is 17.7. The summed E-state index contributed by atoms with van der Waals surface area (Å²) in [5.41, 5.74) is 3.80. The van der Waals surface area contributed by atoms with Crippen molar-refractivity contribution in [2.24, 2.45) is 0 Å². The number of methoxy groups -OCH3 is 1. The molecule has 3 aromatic rings. The van der Waals surface area contributed by atoms with Gasteiger partial charge in [-0.2, -0.15) is 0 Å². The van der Waals surface area contributed by atoms with Crippen LogP contribution in [0.15, 0.2) is 24.3 Å². The van der Waals surface area contributed by atoms with Crippen LogP contribution in [0.1, 0.15) is 50.7 Å². The highest BCUT2D eigenvalue weighted by Gasteiger charge is 2.23. The summed E-state index contributed by atoms with van der Waals surface area (Å²) in [4.78, 5) is 22.2. The summed E-state index contributed by atoms with van der Waals surface area (Å²) >= 11 is 12.6. The summed E-state index contributed by atoms with van der Waals surface area (Å²) in [6.45, 7) is 7.51. The molecule has 0 saturated carbocycles. The Morgan fingerprint density at radius 3 is 2.53 bits per heavy atom. The van der Waals surface area contributed by atoms with Gasteiger partial charge in [-0.1, -0.05) is 43.1 Å². The molecule has 0 bridgehead atoms. The van der Waals surface area contributed by atoms with Crippen molar-refractivity contribution in [1.29, 1.82) is 0 Å². The molecule has 8 heteroatoms. The van der Waals surface area contributed by atoms with Crippen molar-refractivity contribution < 1.29 is 14.4 Å². The number of anilines is 2. The second-order valence-corrected chi connectivity index (χ2v) is 7.93. The molecule has 1 aromatic heterocycles.